The molecular formula is C24H20ClF5N4O4. The van der Waals surface area contributed by atoms with Gasteiger partial charge in [0.1, 0.15) is 17.4 Å². The third kappa shape index (κ3) is 6.34. The van der Waals surface area contributed by atoms with Crippen molar-refractivity contribution in [2.24, 2.45) is 0 Å². The van der Waals surface area contributed by atoms with Gasteiger partial charge in [-0.05, 0) is 48.9 Å². The first-order valence-electron chi connectivity index (χ1n) is 10.8. The van der Waals surface area contributed by atoms with Crippen LogP contribution in [-0.4, -0.2) is 34.3 Å². The lowest BCUT2D eigenvalue weighted by Gasteiger charge is -2.19. The Morgan fingerprint density at radius 1 is 1.08 bits per heavy atom. The fourth-order valence-corrected chi connectivity index (χ4v) is 4.03. The number of hydrogen-bond donors (Lipinski definition) is 2. The zero-order valence-corrected chi connectivity index (χ0v) is 20.8. The second-order valence-corrected chi connectivity index (χ2v) is 8.57. The number of ketones is 1. The summed E-state index contributed by atoms with van der Waals surface area (Å²) in [5.74, 6) is -6.22. The van der Waals surface area contributed by atoms with Crippen molar-refractivity contribution in [2.45, 2.75) is 32.5 Å². The van der Waals surface area contributed by atoms with Gasteiger partial charge in [0, 0.05) is 16.5 Å². The predicted molar refractivity (Wildman–Crippen MR) is 126 cm³/mol. The summed E-state index contributed by atoms with van der Waals surface area (Å²) in [7, 11) is 1.14. The fraction of sp³-hybridized carbons (Fsp3) is 0.250. The number of nitrogens with one attached hydrogen (secondary N) is 2. The van der Waals surface area contributed by atoms with Gasteiger partial charge in [-0.15, -0.1) is 0 Å². The lowest BCUT2D eigenvalue weighted by atomic mass is 9.96. The van der Waals surface area contributed by atoms with E-state index < -0.39 is 64.8 Å². The molecule has 0 aliphatic rings. The first-order valence-corrected chi connectivity index (χ1v) is 11.2. The zero-order chi connectivity index (χ0) is 28.4. The standard InChI is InChI=1S/C24H20ClF5N4O4/c1-11(35)10-34-19(12(2)17-9-15(26)4-5-18(17)25)20(31-21(34)23(37)33-38-3)32-22(36)13-6-14(24(28,29)30)8-16(27)7-13/h4-9,12H,10H2,1-3H3,(H,32,36)(H,33,37)/t12-/m0/s1. The molecule has 0 saturated heterocycles. The van der Waals surface area contributed by atoms with Crippen molar-refractivity contribution in [3.05, 3.63) is 81.3 Å². The maximum atomic E-state index is 14.1. The Morgan fingerprint density at radius 2 is 1.76 bits per heavy atom. The van der Waals surface area contributed by atoms with Gasteiger partial charge in [-0.1, -0.05) is 18.5 Å². The molecular weight excluding hydrogens is 539 g/mol. The van der Waals surface area contributed by atoms with E-state index in [1.165, 1.54) is 19.9 Å². The van der Waals surface area contributed by atoms with Gasteiger partial charge in [0.25, 0.3) is 5.91 Å². The molecule has 2 aromatic carbocycles. The van der Waals surface area contributed by atoms with Crippen LogP contribution in [0.15, 0.2) is 36.4 Å². The quantitative estimate of drug-likeness (QED) is 0.295. The average molecular weight is 559 g/mol. The number of Topliss-reactive ketones (excluding diaryl/α,β-unsaturated/α-hetero) is 1. The minimum atomic E-state index is -4.93. The smallest absolute Gasteiger partial charge is 0.314 e. The molecule has 0 aliphatic carbocycles. The highest BCUT2D eigenvalue weighted by Gasteiger charge is 2.33. The second kappa shape index (κ2) is 11.3. The van der Waals surface area contributed by atoms with E-state index in [-0.39, 0.29) is 28.2 Å². The number of anilines is 1. The highest BCUT2D eigenvalue weighted by atomic mass is 35.5. The number of hydrogen-bond acceptors (Lipinski definition) is 5. The SMILES string of the molecule is CONC(=O)c1nc(NC(=O)c2cc(F)cc(C(F)(F)F)c2)c([C@@H](C)c2cc(F)ccc2Cl)n1CC(C)=O. The van der Waals surface area contributed by atoms with E-state index in [4.69, 9.17) is 11.6 Å². The predicted octanol–water partition coefficient (Wildman–Crippen LogP) is 5.12. The molecule has 38 heavy (non-hydrogen) atoms. The van der Waals surface area contributed by atoms with E-state index in [1.807, 2.05) is 5.48 Å². The largest absolute Gasteiger partial charge is 0.416 e. The number of imidazole rings is 1. The van der Waals surface area contributed by atoms with Crippen molar-refractivity contribution in [3.8, 4) is 0 Å². The molecule has 2 amide bonds. The maximum absolute atomic E-state index is 14.1. The average Bonchev–Trinajstić information content (AvgIpc) is 3.16. The molecule has 2 N–H and O–H groups in total. The van der Waals surface area contributed by atoms with E-state index in [9.17, 15) is 36.3 Å². The number of carbonyl (C=O) groups excluding carboxylic acids is 3. The Labute approximate surface area is 217 Å². The number of rotatable bonds is 8. The first-order chi connectivity index (χ1) is 17.7. The molecule has 1 aromatic heterocycles. The van der Waals surface area contributed by atoms with Crippen molar-refractivity contribution in [1.82, 2.24) is 15.0 Å². The maximum Gasteiger partial charge on any atom is 0.416 e. The van der Waals surface area contributed by atoms with Crippen molar-refractivity contribution in [2.75, 3.05) is 12.4 Å². The fourth-order valence-electron chi connectivity index (χ4n) is 3.75. The van der Waals surface area contributed by atoms with Gasteiger partial charge in [-0.3, -0.25) is 19.2 Å². The highest BCUT2D eigenvalue weighted by Crippen LogP contribution is 2.36. The number of nitrogens with zero attached hydrogens (tertiary/aromatic N) is 2. The summed E-state index contributed by atoms with van der Waals surface area (Å²) in [6, 6.07) is 4.73. The molecule has 1 atom stereocenters. The molecule has 0 radical (unpaired) electrons. The Kier molecular flexibility index (Phi) is 8.52. The van der Waals surface area contributed by atoms with Gasteiger partial charge in [0.15, 0.2) is 5.82 Å². The third-order valence-electron chi connectivity index (χ3n) is 5.34. The van der Waals surface area contributed by atoms with Crippen LogP contribution in [0.5, 0.6) is 0 Å². The minimum absolute atomic E-state index is 0.00486. The Morgan fingerprint density at radius 3 is 2.37 bits per heavy atom. The third-order valence-corrected chi connectivity index (χ3v) is 5.68. The molecule has 0 unspecified atom stereocenters. The summed E-state index contributed by atoms with van der Waals surface area (Å²) in [6.45, 7) is 2.30. The number of benzene rings is 2. The lowest BCUT2D eigenvalue weighted by molar-refractivity contribution is -0.137. The van der Waals surface area contributed by atoms with E-state index >= 15 is 0 Å². The molecule has 0 fully saturated rings. The van der Waals surface area contributed by atoms with Gasteiger partial charge < -0.3 is 9.88 Å². The van der Waals surface area contributed by atoms with Crippen LogP contribution < -0.4 is 10.8 Å². The number of carbonyl (C=O) groups is 3. The first kappa shape index (κ1) is 28.7. The van der Waals surface area contributed by atoms with Crippen LogP contribution in [0.2, 0.25) is 5.02 Å². The Hall–Kier alpha value is -3.84. The number of halogens is 6. The summed E-state index contributed by atoms with van der Waals surface area (Å²) in [6.07, 6.45) is -4.93. The van der Waals surface area contributed by atoms with Crippen LogP contribution in [0.25, 0.3) is 0 Å². The van der Waals surface area contributed by atoms with E-state index in [0.717, 1.165) is 23.8 Å². The number of alkyl halides is 3. The topological polar surface area (TPSA) is 102 Å². The van der Waals surface area contributed by atoms with Crippen LogP contribution in [0.1, 0.15) is 57.6 Å². The Bertz CT molecular complexity index is 1410. The molecule has 0 bridgehead atoms. The number of hydroxylamine groups is 1. The van der Waals surface area contributed by atoms with E-state index in [1.54, 1.807) is 0 Å². The van der Waals surface area contributed by atoms with Crippen LogP contribution in [-0.2, 0) is 22.4 Å². The minimum Gasteiger partial charge on any atom is -0.314 e. The van der Waals surface area contributed by atoms with E-state index in [0.29, 0.717) is 12.1 Å². The van der Waals surface area contributed by atoms with Crippen molar-refractivity contribution < 1.29 is 41.2 Å². The molecule has 0 spiro atoms. The molecule has 14 heteroatoms. The summed E-state index contributed by atoms with van der Waals surface area (Å²) in [5, 5.41) is 2.38. The van der Waals surface area contributed by atoms with Crippen LogP contribution in [0.4, 0.5) is 27.8 Å². The summed E-state index contributed by atoms with van der Waals surface area (Å²) in [4.78, 5) is 46.3. The molecule has 202 valence electrons. The van der Waals surface area contributed by atoms with Gasteiger partial charge in [0.2, 0.25) is 5.82 Å². The number of amides is 2. The summed E-state index contributed by atoms with van der Waals surface area (Å²) in [5.41, 5.74) is 0.121. The van der Waals surface area contributed by atoms with Gasteiger partial charge in [-0.2, -0.15) is 13.2 Å². The van der Waals surface area contributed by atoms with Gasteiger partial charge >= 0.3 is 12.1 Å². The highest BCUT2D eigenvalue weighted by molar-refractivity contribution is 6.31. The second-order valence-electron chi connectivity index (χ2n) is 8.16. The summed E-state index contributed by atoms with van der Waals surface area (Å²) < 4.78 is 68.6. The molecule has 1 heterocycles. The van der Waals surface area contributed by atoms with Crippen LogP contribution in [0, 0.1) is 11.6 Å². The van der Waals surface area contributed by atoms with Crippen LogP contribution >= 0.6 is 11.6 Å². The normalized spacial score (nSPS) is 12.2. The van der Waals surface area contributed by atoms with Gasteiger partial charge in [-0.25, -0.2) is 19.2 Å². The molecule has 0 saturated carbocycles. The monoisotopic (exact) mass is 558 g/mol. The molecule has 3 aromatic rings. The van der Waals surface area contributed by atoms with Crippen molar-refractivity contribution in [3.63, 3.8) is 0 Å². The number of aromatic nitrogens is 2. The molecule has 0 aliphatic heterocycles. The van der Waals surface area contributed by atoms with E-state index in [2.05, 4.69) is 15.1 Å². The van der Waals surface area contributed by atoms with Crippen molar-refractivity contribution in [1.29, 1.82) is 0 Å². The van der Waals surface area contributed by atoms with Gasteiger partial charge in [0.05, 0.1) is 24.9 Å². The lowest BCUT2D eigenvalue weighted by Crippen LogP contribution is -2.27. The molecule has 8 nitrogen and oxygen atoms in total. The summed E-state index contributed by atoms with van der Waals surface area (Å²) >= 11 is 6.25. The van der Waals surface area contributed by atoms with Crippen LogP contribution in [0.3, 0.4) is 0 Å². The Balaban J connectivity index is 2.20. The zero-order valence-electron chi connectivity index (χ0n) is 20.0. The molecule has 3 rings (SSSR count). The van der Waals surface area contributed by atoms with Crippen molar-refractivity contribution >= 4 is 35.0 Å².